The molecule has 2 aromatic heterocycles. The van der Waals surface area contributed by atoms with Crippen molar-refractivity contribution in [1.29, 1.82) is 0 Å². The van der Waals surface area contributed by atoms with Crippen LogP contribution in [0.2, 0.25) is 0 Å². The van der Waals surface area contributed by atoms with E-state index < -0.39 is 5.97 Å². The Balaban J connectivity index is 2.41. The van der Waals surface area contributed by atoms with Crippen LogP contribution >= 0.6 is 15.9 Å². The summed E-state index contributed by atoms with van der Waals surface area (Å²) in [5.41, 5.74) is -0.114. The average Bonchev–Trinajstić information content (AvgIpc) is 2.66. The number of aromatic nitrogens is 4. The van der Waals surface area contributed by atoms with Crippen molar-refractivity contribution in [3.63, 3.8) is 0 Å². The van der Waals surface area contributed by atoms with Gasteiger partial charge >= 0.3 is 5.97 Å². The van der Waals surface area contributed by atoms with Crippen molar-refractivity contribution in [2.45, 2.75) is 0 Å². The van der Waals surface area contributed by atoms with E-state index in [-0.39, 0.29) is 5.69 Å². The van der Waals surface area contributed by atoms with E-state index in [1.54, 1.807) is 18.2 Å². The molecule has 0 saturated heterocycles. The number of nitrogens with zero attached hydrogens (tertiary/aromatic N) is 4. The first-order chi connectivity index (χ1) is 7.16. The van der Waals surface area contributed by atoms with Gasteiger partial charge in [-0.3, -0.25) is 0 Å². The Labute approximate surface area is 92.7 Å². The summed E-state index contributed by atoms with van der Waals surface area (Å²) >= 11 is 3.21. The van der Waals surface area contributed by atoms with Crippen molar-refractivity contribution < 1.29 is 9.90 Å². The van der Waals surface area contributed by atoms with Crippen molar-refractivity contribution in [1.82, 2.24) is 20.0 Å². The van der Waals surface area contributed by atoms with Gasteiger partial charge in [0.1, 0.15) is 4.60 Å². The molecule has 0 fully saturated rings. The van der Waals surface area contributed by atoms with Gasteiger partial charge in [0.2, 0.25) is 0 Å². The maximum Gasteiger partial charge on any atom is 0.358 e. The molecular formula is C8H5BrN4O2. The molecule has 15 heavy (non-hydrogen) atoms. The predicted octanol–water partition coefficient (Wildman–Crippen LogP) is 1.12. The van der Waals surface area contributed by atoms with Crippen LogP contribution in [0.4, 0.5) is 0 Å². The van der Waals surface area contributed by atoms with E-state index in [1.807, 2.05) is 0 Å². The van der Waals surface area contributed by atoms with Crippen molar-refractivity contribution in [3.8, 4) is 5.82 Å². The second-order valence-electron chi connectivity index (χ2n) is 2.67. The molecule has 2 aromatic rings. The molecule has 0 radical (unpaired) electrons. The van der Waals surface area contributed by atoms with Gasteiger partial charge in [-0.15, -0.1) is 5.10 Å². The molecule has 76 valence electrons. The summed E-state index contributed by atoms with van der Waals surface area (Å²) in [6.45, 7) is 0. The molecule has 0 aliphatic carbocycles. The lowest BCUT2D eigenvalue weighted by atomic mass is 10.4. The fraction of sp³-hybridized carbons (Fsp3) is 0. The molecule has 0 amide bonds. The smallest absolute Gasteiger partial charge is 0.358 e. The molecule has 0 aliphatic rings. The predicted molar refractivity (Wildman–Crippen MR) is 53.8 cm³/mol. The largest absolute Gasteiger partial charge is 0.476 e. The van der Waals surface area contributed by atoms with Crippen LogP contribution in [-0.4, -0.2) is 31.1 Å². The Hall–Kier alpha value is -1.76. The molecule has 0 saturated carbocycles. The summed E-state index contributed by atoms with van der Waals surface area (Å²) in [6.07, 6.45) is 1.30. The van der Waals surface area contributed by atoms with E-state index in [0.717, 1.165) is 0 Å². The van der Waals surface area contributed by atoms with Gasteiger partial charge in [0, 0.05) is 0 Å². The molecule has 6 nitrogen and oxygen atoms in total. The van der Waals surface area contributed by atoms with Gasteiger partial charge in [-0.25, -0.2) is 14.5 Å². The Bertz CT molecular complexity index is 511. The molecule has 0 aliphatic heterocycles. The molecular weight excluding hydrogens is 264 g/mol. The van der Waals surface area contributed by atoms with Gasteiger partial charge in [0.15, 0.2) is 11.5 Å². The minimum Gasteiger partial charge on any atom is -0.476 e. The second kappa shape index (κ2) is 3.77. The van der Waals surface area contributed by atoms with Gasteiger partial charge in [0.05, 0.1) is 6.20 Å². The van der Waals surface area contributed by atoms with Crippen LogP contribution in [0.3, 0.4) is 0 Å². The quantitative estimate of drug-likeness (QED) is 0.826. The summed E-state index contributed by atoms with van der Waals surface area (Å²) in [4.78, 5) is 14.7. The number of hydrogen-bond acceptors (Lipinski definition) is 4. The molecule has 2 heterocycles. The third-order valence-corrected chi connectivity index (χ3v) is 2.09. The molecule has 2 rings (SSSR count). The SMILES string of the molecule is O=C(O)c1cn(-c2cccc(Br)n2)nn1. The number of carboxylic acid groups (broad SMARTS) is 1. The second-order valence-corrected chi connectivity index (χ2v) is 3.48. The van der Waals surface area contributed by atoms with E-state index in [9.17, 15) is 4.79 Å². The molecule has 7 heteroatoms. The summed E-state index contributed by atoms with van der Waals surface area (Å²) in [5, 5.41) is 15.8. The topological polar surface area (TPSA) is 80.9 Å². The maximum absolute atomic E-state index is 10.6. The van der Waals surface area contributed by atoms with E-state index in [4.69, 9.17) is 5.11 Å². The number of aromatic carboxylic acids is 1. The number of rotatable bonds is 2. The number of hydrogen-bond donors (Lipinski definition) is 1. The molecule has 0 atom stereocenters. The normalized spacial score (nSPS) is 10.2. The Kier molecular flexibility index (Phi) is 2.46. The monoisotopic (exact) mass is 268 g/mol. The highest BCUT2D eigenvalue weighted by atomic mass is 79.9. The number of carboxylic acids is 1. The van der Waals surface area contributed by atoms with Crippen molar-refractivity contribution in [3.05, 3.63) is 34.7 Å². The van der Waals surface area contributed by atoms with Crippen LogP contribution < -0.4 is 0 Å². The van der Waals surface area contributed by atoms with E-state index in [2.05, 4.69) is 31.2 Å². The van der Waals surface area contributed by atoms with Crippen LogP contribution in [0.25, 0.3) is 5.82 Å². The first-order valence-corrected chi connectivity index (χ1v) is 4.75. The highest BCUT2D eigenvalue weighted by molar-refractivity contribution is 9.10. The third kappa shape index (κ3) is 2.01. The van der Waals surface area contributed by atoms with Crippen molar-refractivity contribution in [2.24, 2.45) is 0 Å². The molecule has 0 spiro atoms. The highest BCUT2D eigenvalue weighted by Gasteiger charge is 2.09. The van der Waals surface area contributed by atoms with Gasteiger partial charge in [0.25, 0.3) is 0 Å². The van der Waals surface area contributed by atoms with Crippen LogP contribution in [-0.2, 0) is 0 Å². The Morgan fingerprint density at radius 1 is 1.47 bits per heavy atom. The fourth-order valence-electron chi connectivity index (χ4n) is 0.999. The fourth-order valence-corrected chi connectivity index (χ4v) is 1.33. The third-order valence-electron chi connectivity index (χ3n) is 1.65. The molecule has 1 N–H and O–H groups in total. The highest BCUT2D eigenvalue weighted by Crippen LogP contribution is 2.09. The maximum atomic E-state index is 10.6. The minimum atomic E-state index is -1.11. The number of halogens is 1. The first-order valence-electron chi connectivity index (χ1n) is 3.95. The summed E-state index contributed by atoms with van der Waals surface area (Å²) in [7, 11) is 0. The molecule has 0 aromatic carbocycles. The zero-order valence-corrected chi connectivity index (χ0v) is 8.92. The summed E-state index contributed by atoms with van der Waals surface area (Å²) in [6, 6.07) is 5.23. The summed E-state index contributed by atoms with van der Waals surface area (Å²) in [5.74, 6) is -0.611. The van der Waals surface area contributed by atoms with Crippen molar-refractivity contribution in [2.75, 3.05) is 0 Å². The first kappa shape index (κ1) is 9.78. The lowest BCUT2D eigenvalue weighted by molar-refractivity contribution is 0.0690. The van der Waals surface area contributed by atoms with Gasteiger partial charge < -0.3 is 5.11 Å². The van der Waals surface area contributed by atoms with Crippen molar-refractivity contribution >= 4 is 21.9 Å². The standard InChI is InChI=1S/C8H5BrN4O2/c9-6-2-1-3-7(10-6)13-4-5(8(14)15)11-12-13/h1-4H,(H,14,15). The number of carbonyl (C=O) groups is 1. The van der Waals surface area contributed by atoms with Crippen LogP contribution in [0.15, 0.2) is 29.0 Å². The zero-order valence-electron chi connectivity index (χ0n) is 7.33. The van der Waals surface area contributed by atoms with E-state index in [1.165, 1.54) is 10.9 Å². The summed E-state index contributed by atoms with van der Waals surface area (Å²) < 4.78 is 1.95. The number of pyridine rings is 1. The van der Waals surface area contributed by atoms with E-state index >= 15 is 0 Å². The van der Waals surface area contributed by atoms with Gasteiger partial charge in [-0.2, -0.15) is 0 Å². The lowest BCUT2D eigenvalue weighted by Gasteiger charge is -1.97. The van der Waals surface area contributed by atoms with E-state index in [0.29, 0.717) is 10.4 Å². The van der Waals surface area contributed by atoms with Gasteiger partial charge in [-0.1, -0.05) is 11.3 Å². The van der Waals surface area contributed by atoms with Gasteiger partial charge in [-0.05, 0) is 28.1 Å². The minimum absolute atomic E-state index is 0.114. The van der Waals surface area contributed by atoms with Crippen LogP contribution in [0.5, 0.6) is 0 Å². The van der Waals surface area contributed by atoms with Crippen LogP contribution in [0.1, 0.15) is 10.5 Å². The average molecular weight is 269 g/mol. The lowest BCUT2D eigenvalue weighted by Crippen LogP contribution is -1.98. The molecule has 0 unspecified atom stereocenters. The Morgan fingerprint density at radius 3 is 2.87 bits per heavy atom. The Morgan fingerprint density at radius 2 is 2.27 bits per heavy atom. The van der Waals surface area contributed by atoms with Crippen LogP contribution in [0, 0.1) is 0 Å². The zero-order chi connectivity index (χ0) is 10.8. The molecule has 0 bridgehead atoms.